The van der Waals surface area contributed by atoms with E-state index >= 15 is 0 Å². The van der Waals surface area contributed by atoms with Gasteiger partial charge in [0.2, 0.25) is 0 Å². The Balaban J connectivity index is 1.64. The summed E-state index contributed by atoms with van der Waals surface area (Å²) in [6.45, 7) is 2.51. The number of anilines is 1. The van der Waals surface area contributed by atoms with Gasteiger partial charge < -0.3 is 4.90 Å². The lowest BCUT2D eigenvalue weighted by molar-refractivity contribution is 0.0986. The van der Waals surface area contributed by atoms with E-state index in [4.69, 9.17) is 4.98 Å². The standard InChI is InChI=1S/C22H24N4O3S/c1-13-20-17(12-18(14-6-7-14)23-21(20)25(2)24-13)22(27)26-10-4-5-15-11-16(30(3,28)29)8-9-19(15)26/h8-9,11-12,14H,4-7,10H2,1-3H3. The van der Waals surface area contributed by atoms with E-state index in [-0.39, 0.29) is 5.91 Å². The van der Waals surface area contributed by atoms with Crippen LogP contribution in [-0.2, 0) is 23.3 Å². The van der Waals surface area contributed by atoms with Gasteiger partial charge in [-0.3, -0.25) is 9.48 Å². The Morgan fingerprint density at radius 1 is 1.20 bits per heavy atom. The number of nitrogens with zero attached hydrogens (tertiary/aromatic N) is 4. The zero-order chi connectivity index (χ0) is 21.2. The van der Waals surface area contributed by atoms with Crippen molar-refractivity contribution in [2.75, 3.05) is 17.7 Å². The molecule has 5 rings (SSSR count). The molecule has 156 valence electrons. The average molecular weight is 425 g/mol. The van der Waals surface area contributed by atoms with Gasteiger partial charge in [-0.05, 0) is 62.4 Å². The highest BCUT2D eigenvalue weighted by Gasteiger charge is 2.31. The molecule has 1 aromatic carbocycles. The van der Waals surface area contributed by atoms with E-state index in [0.717, 1.165) is 59.4 Å². The number of amides is 1. The van der Waals surface area contributed by atoms with Crippen LogP contribution in [-0.4, -0.2) is 41.9 Å². The molecule has 0 bridgehead atoms. The second-order valence-electron chi connectivity index (χ2n) is 8.40. The predicted octanol–water partition coefficient (Wildman–Crippen LogP) is 3.15. The first-order valence-electron chi connectivity index (χ1n) is 10.2. The van der Waals surface area contributed by atoms with Gasteiger partial charge in [0.05, 0.1) is 21.5 Å². The lowest BCUT2D eigenvalue weighted by Gasteiger charge is -2.30. The van der Waals surface area contributed by atoms with Crippen LogP contribution in [0.25, 0.3) is 11.0 Å². The summed E-state index contributed by atoms with van der Waals surface area (Å²) in [7, 11) is -1.43. The van der Waals surface area contributed by atoms with E-state index in [9.17, 15) is 13.2 Å². The third-order valence-electron chi connectivity index (χ3n) is 6.06. The molecule has 7 nitrogen and oxygen atoms in total. The van der Waals surface area contributed by atoms with Gasteiger partial charge in [0.25, 0.3) is 5.91 Å². The first-order chi connectivity index (χ1) is 14.2. The molecule has 0 radical (unpaired) electrons. The van der Waals surface area contributed by atoms with Gasteiger partial charge in [-0.2, -0.15) is 5.10 Å². The van der Waals surface area contributed by atoms with Gasteiger partial charge in [0, 0.05) is 37.1 Å². The van der Waals surface area contributed by atoms with Crippen molar-refractivity contribution < 1.29 is 13.2 Å². The summed E-state index contributed by atoms with van der Waals surface area (Å²) in [5, 5.41) is 5.30. The number of rotatable bonds is 3. The van der Waals surface area contributed by atoms with E-state index in [1.807, 2.05) is 20.0 Å². The molecule has 1 fully saturated rings. The molecule has 1 aliphatic carbocycles. The summed E-state index contributed by atoms with van der Waals surface area (Å²) >= 11 is 0. The van der Waals surface area contributed by atoms with Gasteiger partial charge in [-0.25, -0.2) is 13.4 Å². The van der Waals surface area contributed by atoms with Gasteiger partial charge in [0.1, 0.15) is 0 Å². The van der Waals surface area contributed by atoms with E-state index in [1.165, 1.54) is 6.26 Å². The number of carbonyl (C=O) groups excluding carboxylic acids is 1. The minimum Gasteiger partial charge on any atom is -0.308 e. The minimum absolute atomic E-state index is 0.0755. The van der Waals surface area contributed by atoms with Crippen LogP contribution in [0.1, 0.15) is 52.5 Å². The van der Waals surface area contributed by atoms with Crippen LogP contribution in [0.4, 0.5) is 5.69 Å². The number of hydrogen-bond donors (Lipinski definition) is 0. The molecular formula is C22H24N4O3S. The Hall–Kier alpha value is -2.74. The van der Waals surface area contributed by atoms with Crippen LogP contribution in [0.15, 0.2) is 29.2 Å². The number of pyridine rings is 1. The Bertz CT molecular complexity index is 1310. The third kappa shape index (κ3) is 3.10. The summed E-state index contributed by atoms with van der Waals surface area (Å²) in [6, 6.07) is 7.00. The maximum atomic E-state index is 13.8. The zero-order valence-electron chi connectivity index (χ0n) is 17.3. The molecule has 2 aliphatic rings. The minimum atomic E-state index is -3.29. The zero-order valence-corrected chi connectivity index (χ0v) is 18.2. The van der Waals surface area contributed by atoms with E-state index in [1.54, 1.807) is 27.8 Å². The van der Waals surface area contributed by atoms with Crippen LogP contribution in [0.2, 0.25) is 0 Å². The Labute approximate surface area is 175 Å². The van der Waals surface area contributed by atoms with E-state index < -0.39 is 9.84 Å². The van der Waals surface area contributed by atoms with Crippen molar-refractivity contribution in [2.45, 2.75) is 43.4 Å². The van der Waals surface area contributed by atoms with Crippen molar-refractivity contribution in [1.29, 1.82) is 0 Å². The lowest BCUT2D eigenvalue weighted by Crippen LogP contribution is -2.35. The molecule has 8 heteroatoms. The Morgan fingerprint density at radius 2 is 1.97 bits per heavy atom. The molecule has 3 heterocycles. The van der Waals surface area contributed by atoms with Gasteiger partial charge in [-0.15, -0.1) is 0 Å². The van der Waals surface area contributed by atoms with Crippen LogP contribution < -0.4 is 4.90 Å². The summed E-state index contributed by atoms with van der Waals surface area (Å²) in [6.07, 6.45) is 4.96. The molecule has 1 aliphatic heterocycles. The van der Waals surface area contributed by atoms with E-state index in [2.05, 4.69) is 5.10 Å². The van der Waals surface area contributed by atoms with Gasteiger partial charge in [0.15, 0.2) is 15.5 Å². The smallest absolute Gasteiger partial charge is 0.259 e. The molecular weight excluding hydrogens is 400 g/mol. The highest BCUT2D eigenvalue weighted by atomic mass is 32.2. The summed E-state index contributed by atoms with van der Waals surface area (Å²) in [5.41, 5.74) is 4.80. The van der Waals surface area contributed by atoms with Crippen LogP contribution in [0, 0.1) is 6.92 Å². The number of benzene rings is 1. The molecule has 0 atom stereocenters. The number of hydrogen-bond acceptors (Lipinski definition) is 5. The number of aryl methyl sites for hydroxylation is 3. The molecule has 1 saturated carbocycles. The summed E-state index contributed by atoms with van der Waals surface area (Å²) in [5.74, 6) is 0.343. The molecule has 0 unspecified atom stereocenters. The van der Waals surface area contributed by atoms with Crippen molar-refractivity contribution in [2.24, 2.45) is 7.05 Å². The fourth-order valence-electron chi connectivity index (χ4n) is 4.38. The van der Waals surface area contributed by atoms with Crippen LogP contribution >= 0.6 is 0 Å². The average Bonchev–Trinajstić information content (AvgIpc) is 3.52. The first kappa shape index (κ1) is 19.2. The third-order valence-corrected chi connectivity index (χ3v) is 7.17. The van der Waals surface area contributed by atoms with Crippen molar-refractivity contribution in [3.63, 3.8) is 0 Å². The van der Waals surface area contributed by atoms with E-state index in [0.29, 0.717) is 22.9 Å². The number of fused-ring (bicyclic) bond motifs is 2. The molecule has 2 aromatic heterocycles. The molecule has 1 amide bonds. The second kappa shape index (κ2) is 6.63. The SMILES string of the molecule is Cc1nn(C)c2nc(C3CC3)cc(C(=O)N3CCCc4cc(S(C)(=O)=O)ccc43)c12. The van der Waals surface area contributed by atoms with Crippen LogP contribution in [0.3, 0.4) is 0 Å². The summed E-state index contributed by atoms with van der Waals surface area (Å²) in [4.78, 5) is 20.6. The topological polar surface area (TPSA) is 85.2 Å². The van der Waals surface area contributed by atoms with Crippen molar-refractivity contribution >= 4 is 32.5 Å². The van der Waals surface area contributed by atoms with Crippen LogP contribution in [0.5, 0.6) is 0 Å². The fourth-order valence-corrected chi connectivity index (χ4v) is 5.05. The molecule has 3 aromatic rings. The largest absolute Gasteiger partial charge is 0.308 e. The monoisotopic (exact) mass is 424 g/mol. The van der Waals surface area contributed by atoms with Gasteiger partial charge in [-0.1, -0.05) is 0 Å². The molecule has 30 heavy (non-hydrogen) atoms. The molecule has 0 N–H and O–H groups in total. The van der Waals surface area contributed by atoms with Crippen molar-refractivity contribution in [1.82, 2.24) is 14.8 Å². The molecule has 0 spiro atoms. The molecule has 0 saturated heterocycles. The maximum absolute atomic E-state index is 13.8. The lowest BCUT2D eigenvalue weighted by atomic mass is 9.99. The van der Waals surface area contributed by atoms with Crippen molar-refractivity contribution in [3.8, 4) is 0 Å². The second-order valence-corrected chi connectivity index (χ2v) is 10.4. The highest BCUT2D eigenvalue weighted by molar-refractivity contribution is 7.90. The number of sulfone groups is 1. The predicted molar refractivity (Wildman–Crippen MR) is 115 cm³/mol. The quantitative estimate of drug-likeness (QED) is 0.645. The van der Waals surface area contributed by atoms with Gasteiger partial charge >= 0.3 is 0 Å². The summed E-state index contributed by atoms with van der Waals surface area (Å²) < 4.78 is 25.7. The van der Waals surface area contributed by atoms with Crippen molar-refractivity contribution in [3.05, 3.63) is 46.8 Å². The maximum Gasteiger partial charge on any atom is 0.259 e. The highest BCUT2D eigenvalue weighted by Crippen LogP contribution is 2.41. The number of carbonyl (C=O) groups is 1. The number of aromatic nitrogens is 3. The Morgan fingerprint density at radius 3 is 2.67 bits per heavy atom. The normalized spacial score (nSPS) is 16.7. The fraction of sp³-hybridized carbons (Fsp3) is 0.409. The first-order valence-corrected chi connectivity index (χ1v) is 12.1. The Kier molecular flexibility index (Phi) is 4.25.